The molecular formula is C14H20N2O3. The van der Waals surface area contributed by atoms with Crippen LogP contribution in [0.4, 0.5) is 4.79 Å². The molecule has 0 saturated carbocycles. The summed E-state index contributed by atoms with van der Waals surface area (Å²) in [5.74, 6) is 0.154. The number of ether oxygens (including phenoxy) is 1. The van der Waals surface area contributed by atoms with Gasteiger partial charge in [0, 0.05) is 18.7 Å². The molecule has 0 aliphatic rings. The Balaban J connectivity index is 2.14. The number of carbonyl (C=O) groups excluding carboxylic acids is 2. The highest BCUT2D eigenvalue weighted by atomic mass is 16.5. The highest BCUT2D eigenvalue weighted by Crippen LogP contribution is 1.97. The lowest BCUT2D eigenvalue weighted by Gasteiger charge is -2.09. The van der Waals surface area contributed by atoms with Crippen LogP contribution >= 0.6 is 0 Å². The Morgan fingerprint density at radius 1 is 1.11 bits per heavy atom. The molecule has 0 aromatic heterocycles. The van der Waals surface area contributed by atoms with Crippen LogP contribution in [0.1, 0.15) is 24.2 Å². The average Bonchev–Trinajstić information content (AvgIpc) is 2.42. The molecule has 0 fully saturated rings. The number of alkyl carbamates (subject to hydrolysis) is 1. The number of benzene rings is 1. The van der Waals surface area contributed by atoms with Crippen LogP contribution in [0.2, 0.25) is 0 Å². The Morgan fingerprint density at radius 3 is 2.37 bits per heavy atom. The number of hydrogen-bond acceptors (Lipinski definition) is 3. The molecule has 2 N–H and O–H groups in total. The normalized spacial score (nSPS) is 10.1. The molecule has 0 unspecified atom stereocenters. The van der Waals surface area contributed by atoms with Crippen LogP contribution in [0.5, 0.6) is 0 Å². The highest BCUT2D eigenvalue weighted by molar-refractivity contribution is 5.94. The van der Waals surface area contributed by atoms with Gasteiger partial charge in [0.25, 0.3) is 5.91 Å². The van der Waals surface area contributed by atoms with Gasteiger partial charge in [0.15, 0.2) is 0 Å². The summed E-state index contributed by atoms with van der Waals surface area (Å²) in [5.41, 5.74) is 0.602. The van der Waals surface area contributed by atoms with Crippen molar-refractivity contribution in [2.45, 2.75) is 13.8 Å². The Labute approximate surface area is 113 Å². The Hall–Kier alpha value is -2.04. The quantitative estimate of drug-likeness (QED) is 0.770. The predicted octanol–water partition coefficient (Wildman–Crippen LogP) is 1.80. The molecule has 0 atom stereocenters. The molecule has 5 nitrogen and oxygen atoms in total. The summed E-state index contributed by atoms with van der Waals surface area (Å²) in [6.45, 7) is 5.03. The molecule has 1 aromatic rings. The summed E-state index contributed by atoms with van der Waals surface area (Å²) >= 11 is 0. The summed E-state index contributed by atoms with van der Waals surface area (Å²) in [6.07, 6.45) is -0.456. The highest BCUT2D eigenvalue weighted by Gasteiger charge is 2.05. The van der Waals surface area contributed by atoms with Crippen LogP contribution in [0.15, 0.2) is 30.3 Å². The Morgan fingerprint density at radius 2 is 1.74 bits per heavy atom. The zero-order valence-corrected chi connectivity index (χ0v) is 11.3. The zero-order chi connectivity index (χ0) is 14.1. The van der Waals surface area contributed by atoms with E-state index in [1.807, 2.05) is 19.9 Å². The lowest BCUT2D eigenvalue weighted by atomic mass is 10.2. The molecule has 0 spiro atoms. The van der Waals surface area contributed by atoms with Crippen molar-refractivity contribution in [2.75, 3.05) is 19.7 Å². The smallest absolute Gasteiger partial charge is 0.407 e. The first kappa shape index (κ1) is 15.0. The fraction of sp³-hybridized carbons (Fsp3) is 0.429. The predicted molar refractivity (Wildman–Crippen MR) is 73.0 cm³/mol. The second-order valence-corrected chi connectivity index (χ2v) is 4.54. The van der Waals surface area contributed by atoms with Crippen LogP contribution < -0.4 is 10.6 Å². The Kier molecular flexibility index (Phi) is 6.43. The first-order valence-corrected chi connectivity index (χ1v) is 6.33. The third kappa shape index (κ3) is 6.45. The van der Waals surface area contributed by atoms with Crippen molar-refractivity contribution in [3.63, 3.8) is 0 Å². The van der Waals surface area contributed by atoms with Gasteiger partial charge >= 0.3 is 6.09 Å². The molecule has 2 amide bonds. The van der Waals surface area contributed by atoms with E-state index in [1.165, 1.54) is 0 Å². The summed E-state index contributed by atoms with van der Waals surface area (Å²) < 4.78 is 4.93. The molecule has 0 heterocycles. The lowest BCUT2D eigenvalue weighted by Crippen LogP contribution is -2.35. The van der Waals surface area contributed by atoms with Gasteiger partial charge in [-0.2, -0.15) is 0 Å². The molecule has 19 heavy (non-hydrogen) atoms. The van der Waals surface area contributed by atoms with Gasteiger partial charge < -0.3 is 15.4 Å². The molecular weight excluding hydrogens is 244 g/mol. The molecule has 0 bridgehead atoms. The van der Waals surface area contributed by atoms with E-state index in [1.54, 1.807) is 24.3 Å². The van der Waals surface area contributed by atoms with Gasteiger partial charge in [0.2, 0.25) is 0 Å². The van der Waals surface area contributed by atoms with Crippen molar-refractivity contribution in [3.05, 3.63) is 35.9 Å². The lowest BCUT2D eigenvalue weighted by molar-refractivity contribution is 0.0951. The average molecular weight is 264 g/mol. The van der Waals surface area contributed by atoms with Crippen molar-refractivity contribution in [3.8, 4) is 0 Å². The molecule has 104 valence electrons. The SMILES string of the molecule is CC(C)COC(=O)NCCNC(=O)c1ccccc1. The zero-order valence-electron chi connectivity index (χ0n) is 11.3. The maximum absolute atomic E-state index is 11.6. The molecule has 0 aliphatic carbocycles. The van der Waals surface area contributed by atoms with Crippen LogP contribution in [0.3, 0.4) is 0 Å². The van der Waals surface area contributed by atoms with Crippen LogP contribution in [0.25, 0.3) is 0 Å². The largest absolute Gasteiger partial charge is 0.449 e. The van der Waals surface area contributed by atoms with Gasteiger partial charge in [-0.25, -0.2) is 4.79 Å². The van der Waals surface area contributed by atoms with Crippen molar-refractivity contribution in [1.82, 2.24) is 10.6 Å². The van der Waals surface area contributed by atoms with E-state index in [9.17, 15) is 9.59 Å². The first-order valence-electron chi connectivity index (χ1n) is 6.33. The van der Waals surface area contributed by atoms with Gasteiger partial charge in [0.1, 0.15) is 0 Å². The van der Waals surface area contributed by atoms with Crippen LogP contribution in [-0.2, 0) is 4.74 Å². The fourth-order valence-electron chi connectivity index (χ4n) is 1.33. The summed E-state index contributed by atoms with van der Waals surface area (Å²) in [7, 11) is 0. The van der Waals surface area contributed by atoms with E-state index in [0.717, 1.165) is 0 Å². The fourth-order valence-corrected chi connectivity index (χ4v) is 1.33. The second-order valence-electron chi connectivity index (χ2n) is 4.54. The monoisotopic (exact) mass is 264 g/mol. The number of amides is 2. The third-order valence-electron chi connectivity index (χ3n) is 2.26. The van der Waals surface area contributed by atoms with Crippen LogP contribution in [0, 0.1) is 5.92 Å². The van der Waals surface area contributed by atoms with Crippen molar-refractivity contribution in [1.29, 1.82) is 0 Å². The second kappa shape index (κ2) is 8.13. The molecule has 1 aromatic carbocycles. The van der Waals surface area contributed by atoms with E-state index in [4.69, 9.17) is 4.74 Å². The molecule has 0 radical (unpaired) electrons. The van der Waals surface area contributed by atoms with Crippen molar-refractivity contribution >= 4 is 12.0 Å². The van der Waals surface area contributed by atoms with E-state index >= 15 is 0 Å². The first-order chi connectivity index (χ1) is 9.09. The number of hydrogen-bond donors (Lipinski definition) is 2. The Bertz CT molecular complexity index is 404. The van der Waals surface area contributed by atoms with E-state index in [0.29, 0.717) is 31.2 Å². The van der Waals surface area contributed by atoms with Crippen molar-refractivity contribution in [2.24, 2.45) is 5.92 Å². The number of nitrogens with one attached hydrogen (secondary N) is 2. The number of carbonyl (C=O) groups is 2. The van der Waals surface area contributed by atoms with E-state index in [2.05, 4.69) is 10.6 Å². The summed E-state index contributed by atoms with van der Waals surface area (Å²) in [5, 5.41) is 5.28. The minimum atomic E-state index is -0.456. The van der Waals surface area contributed by atoms with Gasteiger partial charge in [-0.05, 0) is 18.1 Å². The van der Waals surface area contributed by atoms with Gasteiger partial charge in [-0.3, -0.25) is 4.79 Å². The summed E-state index contributed by atoms with van der Waals surface area (Å²) in [6, 6.07) is 8.93. The van der Waals surface area contributed by atoms with Crippen LogP contribution in [-0.4, -0.2) is 31.7 Å². The molecule has 0 aliphatic heterocycles. The molecule has 0 saturated heterocycles. The maximum atomic E-state index is 11.6. The van der Waals surface area contributed by atoms with Gasteiger partial charge in [-0.1, -0.05) is 32.0 Å². The maximum Gasteiger partial charge on any atom is 0.407 e. The minimum absolute atomic E-state index is 0.155. The number of rotatable bonds is 6. The van der Waals surface area contributed by atoms with Crippen molar-refractivity contribution < 1.29 is 14.3 Å². The standard InChI is InChI=1S/C14H20N2O3/c1-11(2)10-19-14(18)16-9-8-15-13(17)12-6-4-3-5-7-12/h3-7,11H,8-10H2,1-2H3,(H,15,17)(H,16,18). The van der Waals surface area contributed by atoms with E-state index in [-0.39, 0.29) is 5.91 Å². The van der Waals surface area contributed by atoms with Gasteiger partial charge in [0.05, 0.1) is 6.61 Å². The minimum Gasteiger partial charge on any atom is -0.449 e. The van der Waals surface area contributed by atoms with E-state index < -0.39 is 6.09 Å². The third-order valence-corrected chi connectivity index (χ3v) is 2.26. The van der Waals surface area contributed by atoms with Gasteiger partial charge in [-0.15, -0.1) is 0 Å². The topological polar surface area (TPSA) is 67.4 Å². The molecule has 1 rings (SSSR count). The summed E-state index contributed by atoms with van der Waals surface area (Å²) in [4.78, 5) is 22.9. The molecule has 5 heteroatoms.